The zero-order valence-electron chi connectivity index (χ0n) is 19.1. The van der Waals surface area contributed by atoms with Crippen LogP contribution in [0.4, 0.5) is 5.82 Å². The maximum atomic E-state index is 13.1. The number of hydrogen-bond acceptors (Lipinski definition) is 10. The molecule has 35 heavy (non-hydrogen) atoms. The topological polar surface area (TPSA) is 157 Å². The van der Waals surface area contributed by atoms with Crippen molar-refractivity contribution in [1.29, 1.82) is 0 Å². The number of hydrogen-bond donors (Lipinski definition) is 4. The first-order chi connectivity index (χ1) is 17.0. The molecule has 5 N–H and O–H groups in total. The molecule has 0 spiro atoms. The molecule has 1 amide bonds. The summed E-state index contributed by atoms with van der Waals surface area (Å²) in [7, 11) is 0. The molecule has 0 radical (unpaired) electrons. The molecular weight excluding hydrogens is 468 g/mol. The van der Waals surface area contributed by atoms with E-state index in [1.807, 2.05) is 44.2 Å². The van der Waals surface area contributed by atoms with E-state index in [1.54, 1.807) is 24.3 Å². The van der Waals surface area contributed by atoms with Crippen molar-refractivity contribution in [1.82, 2.24) is 36.2 Å². The van der Waals surface area contributed by atoms with E-state index in [1.165, 1.54) is 16.4 Å². The van der Waals surface area contributed by atoms with Crippen molar-refractivity contribution in [3.63, 3.8) is 0 Å². The summed E-state index contributed by atoms with van der Waals surface area (Å²) < 4.78 is 6.06. The molecule has 0 aliphatic heterocycles. The Hall–Kier alpha value is -4.32. The van der Waals surface area contributed by atoms with Crippen LogP contribution in [0.25, 0.3) is 11.5 Å². The second-order valence-electron chi connectivity index (χ2n) is 7.52. The quantitative estimate of drug-likeness (QED) is 0.202. The monoisotopic (exact) mass is 492 g/mol. The molecular formula is C23H24N8O3S. The van der Waals surface area contributed by atoms with Gasteiger partial charge in [0.25, 0.3) is 5.91 Å². The molecule has 0 bridgehead atoms. The van der Waals surface area contributed by atoms with E-state index in [0.29, 0.717) is 17.1 Å². The Kier molecular flexibility index (Phi) is 7.31. The lowest BCUT2D eigenvalue weighted by Crippen LogP contribution is -2.37. The van der Waals surface area contributed by atoms with Crippen molar-refractivity contribution in [3.05, 3.63) is 77.1 Å². The number of carbonyl (C=O) groups is 1. The first-order valence-corrected chi connectivity index (χ1v) is 11.7. The standard InChI is InChI=1S/C23H24N8O3S/c1-3-4-18(15-7-9-16(32)10-8-15)25-27-23(33)20-19(13-35-17-11-5-14(2)6-12-17)31(30-26-20)22-21(24)28-34-29-22/h4-12,25,32H,3,13H2,1-2H3,(H2,24,28)(H,27,33)/b18-4-. The number of anilines is 1. The molecule has 0 aliphatic rings. The van der Waals surface area contributed by atoms with Crippen LogP contribution in [0.5, 0.6) is 5.75 Å². The summed E-state index contributed by atoms with van der Waals surface area (Å²) in [6, 6.07) is 14.7. The molecule has 0 unspecified atom stereocenters. The maximum absolute atomic E-state index is 13.1. The second kappa shape index (κ2) is 10.7. The maximum Gasteiger partial charge on any atom is 0.292 e. The Morgan fingerprint density at radius 3 is 2.54 bits per heavy atom. The van der Waals surface area contributed by atoms with Crippen LogP contribution in [0.2, 0.25) is 0 Å². The van der Waals surface area contributed by atoms with E-state index < -0.39 is 5.91 Å². The van der Waals surface area contributed by atoms with Gasteiger partial charge >= 0.3 is 0 Å². The predicted molar refractivity (Wildman–Crippen MR) is 131 cm³/mol. The van der Waals surface area contributed by atoms with E-state index >= 15 is 0 Å². The van der Waals surface area contributed by atoms with Gasteiger partial charge in [0, 0.05) is 10.6 Å². The number of allylic oxidation sites excluding steroid dienone is 1. The van der Waals surface area contributed by atoms with Crippen LogP contribution in [0.15, 0.2) is 64.1 Å². The van der Waals surface area contributed by atoms with Crippen molar-refractivity contribution in [2.75, 3.05) is 5.73 Å². The Balaban J connectivity index is 1.57. The lowest BCUT2D eigenvalue weighted by atomic mass is 10.1. The first-order valence-electron chi connectivity index (χ1n) is 10.7. The SMILES string of the molecule is CC/C=C(\NNC(=O)c1nnn(-c2nonc2N)c1CSc1ccc(C)cc1)c1ccc(O)cc1. The normalized spacial score (nSPS) is 11.4. The van der Waals surface area contributed by atoms with E-state index in [2.05, 4.69) is 31.5 Å². The molecule has 180 valence electrons. The van der Waals surface area contributed by atoms with E-state index in [9.17, 15) is 9.90 Å². The lowest BCUT2D eigenvalue weighted by molar-refractivity contribution is 0.0936. The smallest absolute Gasteiger partial charge is 0.292 e. The molecule has 2 heterocycles. The van der Waals surface area contributed by atoms with Gasteiger partial charge in [-0.1, -0.05) is 35.9 Å². The van der Waals surface area contributed by atoms with Gasteiger partial charge in [0.1, 0.15) is 5.75 Å². The van der Waals surface area contributed by atoms with Crippen molar-refractivity contribution in [2.45, 2.75) is 30.9 Å². The van der Waals surface area contributed by atoms with Gasteiger partial charge < -0.3 is 10.8 Å². The molecule has 0 fully saturated rings. The van der Waals surface area contributed by atoms with Crippen LogP contribution < -0.4 is 16.6 Å². The number of aryl methyl sites for hydroxylation is 1. The van der Waals surface area contributed by atoms with E-state index in [0.717, 1.165) is 22.4 Å². The number of thioether (sulfide) groups is 1. The third-order valence-electron chi connectivity index (χ3n) is 4.97. The summed E-state index contributed by atoms with van der Waals surface area (Å²) in [6.07, 6.45) is 2.64. The van der Waals surface area contributed by atoms with Gasteiger partial charge in [0.15, 0.2) is 5.69 Å². The molecule has 2 aromatic carbocycles. The molecule has 0 saturated carbocycles. The fraction of sp³-hybridized carbons (Fsp3) is 0.174. The van der Waals surface area contributed by atoms with Crippen LogP contribution in [0.1, 0.15) is 40.7 Å². The van der Waals surface area contributed by atoms with Crippen molar-refractivity contribution < 1.29 is 14.5 Å². The summed E-state index contributed by atoms with van der Waals surface area (Å²) in [4.78, 5) is 14.1. The van der Waals surface area contributed by atoms with Crippen molar-refractivity contribution >= 4 is 29.2 Å². The minimum atomic E-state index is -0.494. The number of aromatic nitrogens is 5. The van der Waals surface area contributed by atoms with E-state index in [-0.39, 0.29) is 23.1 Å². The van der Waals surface area contributed by atoms with Gasteiger partial charge in [-0.05, 0) is 65.6 Å². The van der Waals surface area contributed by atoms with Gasteiger partial charge in [0.05, 0.1) is 11.4 Å². The molecule has 0 aliphatic carbocycles. The number of carbonyl (C=O) groups excluding carboxylic acids is 1. The highest BCUT2D eigenvalue weighted by molar-refractivity contribution is 7.98. The zero-order chi connectivity index (χ0) is 24.8. The second-order valence-corrected chi connectivity index (χ2v) is 8.57. The highest BCUT2D eigenvalue weighted by Crippen LogP contribution is 2.26. The van der Waals surface area contributed by atoms with Gasteiger partial charge in [-0.3, -0.25) is 15.6 Å². The van der Waals surface area contributed by atoms with E-state index in [4.69, 9.17) is 10.4 Å². The molecule has 0 saturated heterocycles. The summed E-state index contributed by atoms with van der Waals surface area (Å²) in [6.45, 7) is 3.99. The van der Waals surface area contributed by atoms with Gasteiger partial charge in [-0.2, -0.15) is 4.68 Å². The minimum absolute atomic E-state index is 0.0297. The number of rotatable bonds is 9. The summed E-state index contributed by atoms with van der Waals surface area (Å²) in [5.41, 5.74) is 14.7. The van der Waals surface area contributed by atoms with Crippen LogP contribution in [0, 0.1) is 6.92 Å². The number of aromatic hydroxyl groups is 1. The summed E-state index contributed by atoms with van der Waals surface area (Å²) in [5.74, 6) is 0.205. The van der Waals surface area contributed by atoms with Gasteiger partial charge in [-0.25, -0.2) is 4.63 Å². The number of amides is 1. The Bertz CT molecular complexity index is 1330. The largest absolute Gasteiger partial charge is 0.508 e. The van der Waals surface area contributed by atoms with Crippen LogP contribution >= 0.6 is 11.8 Å². The highest BCUT2D eigenvalue weighted by atomic mass is 32.2. The summed E-state index contributed by atoms with van der Waals surface area (Å²) in [5, 5.41) is 25.1. The molecule has 4 rings (SSSR count). The number of phenolic OH excluding ortho intramolecular Hbond substituents is 1. The molecule has 11 nitrogen and oxygen atoms in total. The predicted octanol–water partition coefficient (Wildman–Crippen LogP) is 3.22. The number of hydrazine groups is 1. The minimum Gasteiger partial charge on any atom is -0.508 e. The third kappa shape index (κ3) is 5.61. The van der Waals surface area contributed by atoms with Crippen LogP contribution in [-0.2, 0) is 5.75 Å². The molecule has 12 heteroatoms. The van der Waals surface area contributed by atoms with Crippen molar-refractivity contribution in [2.24, 2.45) is 0 Å². The average Bonchev–Trinajstić information content (AvgIpc) is 3.47. The number of nitrogens with two attached hydrogens (primary N) is 1. The van der Waals surface area contributed by atoms with Gasteiger partial charge in [0.2, 0.25) is 11.6 Å². The number of nitrogen functional groups attached to an aromatic ring is 1. The fourth-order valence-electron chi connectivity index (χ4n) is 3.17. The number of nitrogens with one attached hydrogen (secondary N) is 2. The average molecular weight is 493 g/mol. The van der Waals surface area contributed by atoms with Crippen LogP contribution in [0.3, 0.4) is 0 Å². The Labute approximate surface area is 205 Å². The molecule has 0 atom stereocenters. The molecule has 4 aromatic rings. The van der Waals surface area contributed by atoms with Crippen LogP contribution in [-0.4, -0.2) is 36.3 Å². The van der Waals surface area contributed by atoms with Gasteiger partial charge in [-0.15, -0.1) is 16.9 Å². The first kappa shape index (κ1) is 23.8. The fourth-order valence-corrected chi connectivity index (χ4v) is 4.06. The Morgan fingerprint density at radius 2 is 1.89 bits per heavy atom. The number of benzene rings is 2. The molecule has 2 aromatic heterocycles. The summed E-state index contributed by atoms with van der Waals surface area (Å²) >= 11 is 1.51. The Morgan fingerprint density at radius 1 is 1.14 bits per heavy atom. The zero-order valence-corrected chi connectivity index (χ0v) is 19.9. The number of phenols is 1. The van der Waals surface area contributed by atoms with Crippen molar-refractivity contribution in [3.8, 4) is 11.6 Å². The highest BCUT2D eigenvalue weighted by Gasteiger charge is 2.24. The third-order valence-corrected chi connectivity index (χ3v) is 5.99. The number of nitrogens with zero attached hydrogens (tertiary/aromatic N) is 5. The lowest BCUT2D eigenvalue weighted by Gasteiger charge is -2.13.